The third-order valence-corrected chi connectivity index (χ3v) is 5.46. The number of tetrazole rings is 1. The Hall–Kier alpha value is -4.13. The fourth-order valence-corrected chi connectivity index (χ4v) is 3.65. The minimum absolute atomic E-state index is 0.118. The molecule has 0 bridgehead atoms. The number of benzene rings is 3. The van der Waals surface area contributed by atoms with Gasteiger partial charge in [0.05, 0.1) is 5.69 Å². The molecule has 0 aliphatic rings. The second kappa shape index (κ2) is 7.85. The van der Waals surface area contributed by atoms with Gasteiger partial charge in [-0.25, -0.2) is 4.68 Å². The van der Waals surface area contributed by atoms with E-state index >= 15 is 0 Å². The van der Waals surface area contributed by atoms with E-state index in [1.807, 2.05) is 36.4 Å². The Morgan fingerprint density at radius 1 is 0.781 bits per heavy atom. The van der Waals surface area contributed by atoms with Crippen LogP contribution >= 0.6 is 0 Å². The van der Waals surface area contributed by atoms with Gasteiger partial charge in [-0.2, -0.15) is 0 Å². The van der Waals surface area contributed by atoms with E-state index in [1.54, 1.807) is 11.0 Å². The Kier molecular flexibility index (Phi) is 4.86. The van der Waals surface area contributed by atoms with Gasteiger partial charge in [0.2, 0.25) is 0 Å². The van der Waals surface area contributed by atoms with Crippen LogP contribution in [-0.4, -0.2) is 30.4 Å². The smallest absolute Gasteiger partial charge is 0.161 e. The lowest BCUT2D eigenvalue weighted by molar-refractivity contribution is 0.590. The Morgan fingerprint density at radius 3 is 2.16 bits per heavy atom. The van der Waals surface area contributed by atoms with Crippen molar-refractivity contribution in [3.8, 4) is 16.9 Å². The number of nitrogens with zero attached hydrogens (tertiary/aromatic N) is 6. The number of anilines is 2. The molecule has 0 amide bonds. The van der Waals surface area contributed by atoms with E-state index in [0.29, 0.717) is 0 Å². The topological polar surface area (TPSA) is 81.4 Å². The Balaban J connectivity index is 1.49. The molecule has 0 fully saturated rings. The van der Waals surface area contributed by atoms with Crippen molar-refractivity contribution in [2.75, 3.05) is 5.32 Å². The van der Waals surface area contributed by atoms with Gasteiger partial charge in [0, 0.05) is 22.0 Å². The monoisotopic (exact) mass is 421 g/mol. The number of aromatic nitrogens is 6. The van der Waals surface area contributed by atoms with Gasteiger partial charge < -0.3 is 5.32 Å². The molecule has 0 atom stereocenters. The van der Waals surface area contributed by atoms with Crippen molar-refractivity contribution < 1.29 is 0 Å². The van der Waals surface area contributed by atoms with Crippen LogP contribution in [0.15, 0.2) is 79.1 Å². The van der Waals surface area contributed by atoms with E-state index in [1.165, 1.54) is 5.56 Å². The molecule has 0 saturated heterocycles. The van der Waals surface area contributed by atoms with Crippen LogP contribution in [0.25, 0.3) is 27.7 Å². The number of rotatable bonds is 4. The first-order chi connectivity index (χ1) is 15.5. The third-order valence-electron chi connectivity index (χ3n) is 5.46. The van der Waals surface area contributed by atoms with Crippen molar-refractivity contribution >= 4 is 22.3 Å². The first kappa shape index (κ1) is 19.8. The Bertz CT molecular complexity index is 1350. The molecule has 2 aromatic heterocycles. The summed E-state index contributed by atoms with van der Waals surface area (Å²) in [6, 6.07) is 24.6. The van der Waals surface area contributed by atoms with Crippen LogP contribution in [0, 0.1) is 0 Å². The zero-order chi connectivity index (χ0) is 22.1. The summed E-state index contributed by atoms with van der Waals surface area (Å²) in [7, 11) is 0. The van der Waals surface area contributed by atoms with Crippen LogP contribution in [0.5, 0.6) is 0 Å². The van der Waals surface area contributed by atoms with Gasteiger partial charge in [-0.1, -0.05) is 69.3 Å². The zero-order valence-corrected chi connectivity index (χ0v) is 18.2. The molecule has 3 aromatic carbocycles. The van der Waals surface area contributed by atoms with Gasteiger partial charge in [-0.05, 0) is 45.7 Å². The zero-order valence-electron chi connectivity index (χ0n) is 18.2. The van der Waals surface area contributed by atoms with Crippen molar-refractivity contribution in [3.05, 3.63) is 84.7 Å². The minimum Gasteiger partial charge on any atom is -0.338 e. The SMILES string of the molecule is CC(C)(C)c1ccc(Nc2nnc(-c3ccc(-n4cnnn4)cc3)c3ccccc23)cc1. The third kappa shape index (κ3) is 3.80. The maximum atomic E-state index is 4.56. The van der Waals surface area contributed by atoms with Crippen LogP contribution < -0.4 is 5.32 Å². The largest absolute Gasteiger partial charge is 0.338 e. The van der Waals surface area contributed by atoms with Crippen molar-refractivity contribution in [2.45, 2.75) is 26.2 Å². The van der Waals surface area contributed by atoms with Gasteiger partial charge in [-0.3, -0.25) is 0 Å². The Morgan fingerprint density at radius 2 is 1.50 bits per heavy atom. The maximum Gasteiger partial charge on any atom is 0.161 e. The number of nitrogens with one attached hydrogen (secondary N) is 1. The average Bonchev–Trinajstić information content (AvgIpc) is 3.34. The van der Waals surface area contributed by atoms with Crippen LogP contribution in [-0.2, 0) is 5.41 Å². The highest BCUT2D eigenvalue weighted by Crippen LogP contribution is 2.32. The summed E-state index contributed by atoms with van der Waals surface area (Å²) in [5.41, 5.74) is 5.08. The molecule has 0 spiro atoms. The molecule has 32 heavy (non-hydrogen) atoms. The van der Waals surface area contributed by atoms with Gasteiger partial charge in [0.25, 0.3) is 0 Å². The lowest BCUT2D eigenvalue weighted by Crippen LogP contribution is -2.10. The Labute approximate surface area is 186 Å². The normalized spacial score (nSPS) is 11.6. The van der Waals surface area contributed by atoms with E-state index in [-0.39, 0.29) is 5.41 Å². The quantitative estimate of drug-likeness (QED) is 0.423. The van der Waals surface area contributed by atoms with Gasteiger partial charge in [-0.15, -0.1) is 15.3 Å². The van der Waals surface area contributed by atoms with E-state index in [0.717, 1.165) is 39.2 Å². The van der Waals surface area contributed by atoms with E-state index < -0.39 is 0 Å². The summed E-state index contributed by atoms with van der Waals surface area (Å²) >= 11 is 0. The molecule has 2 heterocycles. The molecule has 0 saturated carbocycles. The second-order valence-corrected chi connectivity index (χ2v) is 8.70. The standard InChI is InChI=1S/C25H23N7/c1-25(2,3)18-10-12-19(13-11-18)27-24-22-7-5-4-6-21(22)23(28-29-24)17-8-14-20(15-9-17)32-16-26-30-31-32/h4-16H,1-3H3,(H,27,29). The van der Waals surface area contributed by atoms with Crippen LogP contribution in [0.1, 0.15) is 26.3 Å². The fraction of sp³-hybridized carbons (Fsp3) is 0.160. The summed E-state index contributed by atoms with van der Waals surface area (Å²) in [4.78, 5) is 0. The summed E-state index contributed by atoms with van der Waals surface area (Å²) in [6.07, 6.45) is 1.57. The molecule has 0 aliphatic carbocycles. The van der Waals surface area contributed by atoms with Crippen LogP contribution in [0.2, 0.25) is 0 Å². The molecule has 5 aromatic rings. The summed E-state index contributed by atoms with van der Waals surface area (Å²) in [5.74, 6) is 0.734. The summed E-state index contributed by atoms with van der Waals surface area (Å²) < 4.78 is 1.62. The van der Waals surface area contributed by atoms with E-state index in [4.69, 9.17) is 0 Å². The fourth-order valence-electron chi connectivity index (χ4n) is 3.65. The van der Waals surface area contributed by atoms with Crippen molar-refractivity contribution in [2.24, 2.45) is 0 Å². The molecule has 0 aliphatic heterocycles. The minimum atomic E-state index is 0.118. The maximum absolute atomic E-state index is 4.56. The van der Waals surface area contributed by atoms with E-state index in [2.05, 4.69) is 88.2 Å². The molecular formula is C25H23N7. The summed E-state index contributed by atoms with van der Waals surface area (Å²) in [5, 5.41) is 25.9. The van der Waals surface area contributed by atoms with Gasteiger partial charge in [0.15, 0.2) is 5.82 Å². The molecule has 7 heteroatoms. The average molecular weight is 422 g/mol. The molecule has 158 valence electrons. The molecule has 1 N–H and O–H groups in total. The predicted octanol–water partition coefficient (Wildman–Crippen LogP) is 5.31. The summed E-state index contributed by atoms with van der Waals surface area (Å²) in [6.45, 7) is 6.63. The van der Waals surface area contributed by atoms with Crippen molar-refractivity contribution in [1.82, 2.24) is 30.4 Å². The van der Waals surface area contributed by atoms with Crippen LogP contribution in [0.4, 0.5) is 11.5 Å². The first-order valence-electron chi connectivity index (χ1n) is 10.5. The number of hydrogen-bond donors (Lipinski definition) is 1. The van der Waals surface area contributed by atoms with Crippen molar-refractivity contribution in [3.63, 3.8) is 0 Å². The lowest BCUT2D eigenvalue weighted by atomic mass is 9.87. The highest BCUT2D eigenvalue weighted by atomic mass is 15.5. The molecule has 5 rings (SSSR count). The van der Waals surface area contributed by atoms with Gasteiger partial charge >= 0.3 is 0 Å². The van der Waals surface area contributed by atoms with Gasteiger partial charge in [0.1, 0.15) is 12.0 Å². The van der Waals surface area contributed by atoms with E-state index in [9.17, 15) is 0 Å². The lowest BCUT2D eigenvalue weighted by Gasteiger charge is -2.19. The molecule has 7 nitrogen and oxygen atoms in total. The number of fused-ring (bicyclic) bond motifs is 1. The molecular weight excluding hydrogens is 398 g/mol. The second-order valence-electron chi connectivity index (χ2n) is 8.70. The molecule has 0 radical (unpaired) electrons. The highest BCUT2D eigenvalue weighted by Gasteiger charge is 2.14. The highest BCUT2D eigenvalue weighted by molar-refractivity contribution is 6.00. The predicted molar refractivity (Wildman–Crippen MR) is 126 cm³/mol. The van der Waals surface area contributed by atoms with Crippen LogP contribution in [0.3, 0.4) is 0 Å². The van der Waals surface area contributed by atoms with Crippen molar-refractivity contribution in [1.29, 1.82) is 0 Å². The molecule has 0 unspecified atom stereocenters. The first-order valence-corrected chi connectivity index (χ1v) is 10.5. The number of hydrogen-bond acceptors (Lipinski definition) is 6.